The number of halogens is 7. The maximum absolute atomic E-state index is 13.0. The van der Waals surface area contributed by atoms with Gasteiger partial charge in [0.15, 0.2) is 11.2 Å². The van der Waals surface area contributed by atoms with Crippen LogP contribution in [0.4, 0.5) is 26.3 Å². The second-order valence-electron chi connectivity index (χ2n) is 6.76. The highest BCUT2D eigenvalue weighted by Crippen LogP contribution is 2.33. The Hall–Kier alpha value is -3.34. The summed E-state index contributed by atoms with van der Waals surface area (Å²) in [5.74, 6) is 0.0414. The lowest BCUT2D eigenvalue weighted by molar-refractivity contribution is -0.141. The first kappa shape index (κ1) is 21.9. The molecule has 0 bridgehead atoms. The van der Waals surface area contributed by atoms with Gasteiger partial charge in [-0.15, -0.1) is 0 Å². The monoisotopic (exact) mass is 472 g/mol. The lowest BCUT2D eigenvalue weighted by atomic mass is 10.1. The molecule has 0 spiro atoms. The number of nitrogens with zero attached hydrogens (tertiary/aromatic N) is 4. The standard InChI is InChI=1S/C20H11ClF6N4O/c21-14-4-2-1-3-13(14)16-29-15-17(28-10-30(18(15)32)9-19(22,23)24)31(16)12-7-5-11(6-8-12)20(25,26)27/h1-8,10H,9H2. The molecule has 0 unspecified atom stereocenters. The smallest absolute Gasteiger partial charge is 0.288 e. The molecule has 0 radical (unpaired) electrons. The van der Waals surface area contributed by atoms with Crippen LogP contribution in [-0.4, -0.2) is 25.3 Å². The molecule has 5 nitrogen and oxygen atoms in total. The van der Waals surface area contributed by atoms with E-state index in [1.54, 1.807) is 18.2 Å². The molecule has 0 fully saturated rings. The molecule has 0 atom stereocenters. The molecule has 4 aromatic rings. The molecule has 166 valence electrons. The number of imidazole rings is 1. The van der Waals surface area contributed by atoms with Gasteiger partial charge in [0, 0.05) is 11.3 Å². The summed E-state index contributed by atoms with van der Waals surface area (Å²) in [6.45, 7) is -1.57. The summed E-state index contributed by atoms with van der Waals surface area (Å²) in [7, 11) is 0. The first-order valence-corrected chi connectivity index (χ1v) is 9.31. The van der Waals surface area contributed by atoms with Crippen LogP contribution in [-0.2, 0) is 12.7 Å². The molecule has 0 saturated heterocycles. The Morgan fingerprint density at radius 1 is 0.938 bits per heavy atom. The van der Waals surface area contributed by atoms with Gasteiger partial charge in [-0.05, 0) is 36.4 Å². The third-order valence-corrected chi connectivity index (χ3v) is 4.88. The fraction of sp³-hybridized carbons (Fsp3) is 0.150. The SMILES string of the molecule is O=c1c2nc(-c3ccccc3Cl)n(-c3ccc(C(F)(F)F)cc3)c2ncn1CC(F)(F)F. The fourth-order valence-corrected chi connectivity index (χ4v) is 3.38. The van der Waals surface area contributed by atoms with Gasteiger partial charge in [0.05, 0.1) is 10.6 Å². The van der Waals surface area contributed by atoms with Gasteiger partial charge in [0.2, 0.25) is 0 Å². The van der Waals surface area contributed by atoms with Crippen molar-refractivity contribution in [1.29, 1.82) is 0 Å². The van der Waals surface area contributed by atoms with Crippen molar-refractivity contribution < 1.29 is 26.3 Å². The van der Waals surface area contributed by atoms with Crippen LogP contribution in [0.15, 0.2) is 59.7 Å². The van der Waals surface area contributed by atoms with Gasteiger partial charge in [0.25, 0.3) is 5.56 Å². The number of alkyl halides is 6. The molecular weight excluding hydrogens is 462 g/mol. The Balaban J connectivity index is 1.99. The van der Waals surface area contributed by atoms with Gasteiger partial charge >= 0.3 is 12.4 Å². The molecule has 0 N–H and O–H groups in total. The van der Waals surface area contributed by atoms with E-state index in [9.17, 15) is 31.1 Å². The number of rotatable bonds is 3. The van der Waals surface area contributed by atoms with E-state index in [0.29, 0.717) is 10.1 Å². The maximum Gasteiger partial charge on any atom is 0.416 e. The Kier molecular flexibility index (Phi) is 5.24. The van der Waals surface area contributed by atoms with E-state index in [4.69, 9.17) is 11.6 Å². The number of hydrogen-bond acceptors (Lipinski definition) is 3. The van der Waals surface area contributed by atoms with E-state index in [2.05, 4.69) is 9.97 Å². The highest BCUT2D eigenvalue weighted by Gasteiger charge is 2.31. The molecule has 0 amide bonds. The Morgan fingerprint density at radius 2 is 1.59 bits per heavy atom. The van der Waals surface area contributed by atoms with Crippen LogP contribution in [0.3, 0.4) is 0 Å². The minimum atomic E-state index is -4.67. The number of hydrogen-bond donors (Lipinski definition) is 0. The van der Waals surface area contributed by atoms with Crippen LogP contribution in [0.25, 0.3) is 28.2 Å². The number of benzene rings is 2. The van der Waals surface area contributed by atoms with Crippen molar-refractivity contribution in [3.8, 4) is 17.1 Å². The normalized spacial score (nSPS) is 12.5. The van der Waals surface area contributed by atoms with Crippen molar-refractivity contribution in [2.75, 3.05) is 0 Å². The third-order valence-electron chi connectivity index (χ3n) is 4.55. The highest BCUT2D eigenvalue weighted by molar-refractivity contribution is 6.33. The van der Waals surface area contributed by atoms with E-state index in [1.165, 1.54) is 10.6 Å². The quantitative estimate of drug-likeness (QED) is 0.371. The Labute approximate surface area is 180 Å². The van der Waals surface area contributed by atoms with Crippen molar-refractivity contribution in [3.05, 3.63) is 75.8 Å². The highest BCUT2D eigenvalue weighted by atomic mass is 35.5. The van der Waals surface area contributed by atoms with Crippen LogP contribution < -0.4 is 5.56 Å². The van der Waals surface area contributed by atoms with Gasteiger partial charge in [-0.25, -0.2) is 9.97 Å². The number of aromatic nitrogens is 4. The molecule has 0 aliphatic heterocycles. The van der Waals surface area contributed by atoms with Gasteiger partial charge < -0.3 is 0 Å². The van der Waals surface area contributed by atoms with Gasteiger partial charge in [-0.1, -0.05) is 23.7 Å². The zero-order chi connectivity index (χ0) is 23.3. The predicted octanol–water partition coefficient (Wildman–Crippen LogP) is 5.48. The number of fused-ring (bicyclic) bond motifs is 1. The van der Waals surface area contributed by atoms with Gasteiger partial charge in [0.1, 0.15) is 18.7 Å². The first-order chi connectivity index (χ1) is 15.0. The van der Waals surface area contributed by atoms with Crippen LogP contribution in [0.1, 0.15) is 5.56 Å². The van der Waals surface area contributed by atoms with Crippen LogP contribution in [0, 0.1) is 0 Å². The van der Waals surface area contributed by atoms with Crippen LogP contribution in [0.5, 0.6) is 0 Å². The summed E-state index contributed by atoms with van der Waals surface area (Å²) in [4.78, 5) is 20.8. The molecular formula is C20H11ClF6N4O. The van der Waals surface area contributed by atoms with Crippen LogP contribution in [0.2, 0.25) is 5.02 Å². The molecule has 0 saturated carbocycles. The predicted molar refractivity (Wildman–Crippen MR) is 105 cm³/mol. The van der Waals surface area contributed by atoms with Crippen molar-refractivity contribution in [2.24, 2.45) is 0 Å². The maximum atomic E-state index is 13.0. The third kappa shape index (κ3) is 4.07. The van der Waals surface area contributed by atoms with Crippen molar-refractivity contribution in [2.45, 2.75) is 18.9 Å². The summed E-state index contributed by atoms with van der Waals surface area (Å²) < 4.78 is 78.9. The summed E-state index contributed by atoms with van der Waals surface area (Å²) in [6, 6.07) is 10.3. The lowest BCUT2D eigenvalue weighted by Crippen LogP contribution is -2.28. The molecule has 4 rings (SSSR count). The molecule has 0 aliphatic carbocycles. The molecule has 32 heavy (non-hydrogen) atoms. The minimum absolute atomic E-state index is 0.0414. The van der Waals surface area contributed by atoms with E-state index in [0.717, 1.165) is 30.6 Å². The van der Waals surface area contributed by atoms with E-state index in [1.807, 2.05) is 0 Å². The van der Waals surface area contributed by atoms with Crippen molar-refractivity contribution in [1.82, 2.24) is 19.1 Å². The lowest BCUT2D eigenvalue weighted by Gasteiger charge is -2.12. The van der Waals surface area contributed by atoms with Crippen molar-refractivity contribution in [3.63, 3.8) is 0 Å². The topological polar surface area (TPSA) is 52.7 Å². The van der Waals surface area contributed by atoms with E-state index >= 15 is 0 Å². The molecule has 2 aromatic heterocycles. The molecule has 0 aliphatic rings. The first-order valence-electron chi connectivity index (χ1n) is 8.93. The largest absolute Gasteiger partial charge is 0.416 e. The summed E-state index contributed by atoms with van der Waals surface area (Å²) in [5.41, 5.74) is -1.98. The van der Waals surface area contributed by atoms with E-state index in [-0.39, 0.29) is 27.7 Å². The van der Waals surface area contributed by atoms with Gasteiger partial charge in [-0.2, -0.15) is 26.3 Å². The molecule has 2 aromatic carbocycles. The molecule has 12 heteroatoms. The van der Waals surface area contributed by atoms with E-state index < -0.39 is 30.0 Å². The fourth-order valence-electron chi connectivity index (χ4n) is 3.16. The minimum Gasteiger partial charge on any atom is -0.288 e. The van der Waals surface area contributed by atoms with Gasteiger partial charge in [-0.3, -0.25) is 13.9 Å². The summed E-state index contributed by atoms with van der Waals surface area (Å²) in [6.07, 6.45) is -8.51. The van der Waals surface area contributed by atoms with Crippen molar-refractivity contribution >= 4 is 22.8 Å². The summed E-state index contributed by atoms with van der Waals surface area (Å²) in [5, 5.41) is 0.214. The average molecular weight is 473 g/mol. The zero-order valence-electron chi connectivity index (χ0n) is 15.7. The second-order valence-corrected chi connectivity index (χ2v) is 7.17. The second kappa shape index (κ2) is 7.66. The Morgan fingerprint density at radius 3 is 2.19 bits per heavy atom. The average Bonchev–Trinajstić information content (AvgIpc) is 3.09. The Bertz CT molecular complexity index is 1360. The van der Waals surface area contributed by atoms with Crippen LogP contribution >= 0.6 is 11.6 Å². The zero-order valence-corrected chi connectivity index (χ0v) is 16.5. The summed E-state index contributed by atoms with van der Waals surface area (Å²) >= 11 is 6.23. The molecule has 2 heterocycles.